The molecule has 4 nitrogen and oxygen atoms in total. The van der Waals surface area contributed by atoms with Crippen molar-refractivity contribution >= 4 is 104 Å². The van der Waals surface area contributed by atoms with E-state index in [0.29, 0.717) is 0 Å². The lowest BCUT2D eigenvalue weighted by atomic mass is 9.97. The zero-order valence-electron chi connectivity index (χ0n) is 32.2. The van der Waals surface area contributed by atoms with Gasteiger partial charge in [0.25, 0.3) is 0 Å². The number of rotatable bonds is 5. The average molecular weight is 768 g/mol. The molecule has 0 saturated heterocycles. The summed E-state index contributed by atoms with van der Waals surface area (Å²) in [5.74, 6) is 0. The molecule has 0 aliphatic heterocycles. The summed E-state index contributed by atoms with van der Waals surface area (Å²) in [5.41, 5.74) is 13.0. The monoisotopic (exact) mass is 767 g/mol. The maximum atomic E-state index is 6.54. The van der Waals surface area contributed by atoms with E-state index in [1.807, 2.05) is 12.1 Å². The number of fused-ring (bicyclic) bond motifs is 13. The first kappa shape index (κ1) is 32.9. The Morgan fingerprint density at radius 3 is 1.30 bits per heavy atom. The van der Waals surface area contributed by atoms with Gasteiger partial charge in [-0.15, -0.1) is 0 Å². The Kier molecular flexibility index (Phi) is 6.98. The van der Waals surface area contributed by atoms with Gasteiger partial charge in [0.2, 0.25) is 0 Å². The fourth-order valence-corrected chi connectivity index (χ4v) is 9.47. The summed E-state index contributed by atoms with van der Waals surface area (Å²) in [6.45, 7) is 0. The average Bonchev–Trinajstić information content (AvgIpc) is 4.01. The SMILES string of the molecule is c1ccc2c(c1)ccc1c2oc2cccc(-c3ccc(N(c4ccc(-c5cccc6oc7c8ccccc8ccc7c56)cc4)c4ccc5c(c4)oc4ccccc45)cc3)c21. The molecule has 0 atom stereocenters. The molecule has 0 spiro atoms. The Morgan fingerprint density at radius 1 is 0.283 bits per heavy atom. The number of nitrogens with zero attached hydrogens (tertiary/aromatic N) is 1. The number of hydrogen-bond acceptors (Lipinski definition) is 4. The molecule has 0 unspecified atom stereocenters. The van der Waals surface area contributed by atoms with Crippen LogP contribution in [0.25, 0.3) is 110 Å². The van der Waals surface area contributed by atoms with Gasteiger partial charge in [-0.3, -0.25) is 0 Å². The highest BCUT2D eigenvalue weighted by Gasteiger charge is 2.20. The molecule has 0 N–H and O–H groups in total. The van der Waals surface area contributed by atoms with Gasteiger partial charge in [0.15, 0.2) is 0 Å². The van der Waals surface area contributed by atoms with Crippen molar-refractivity contribution in [1.29, 1.82) is 0 Å². The molecule has 3 heterocycles. The van der Waals surface area contributed by atoms with Crippen molar-refractivity contribution in [2.45, 2.75) is 0 Å². The van der Waals surface area contributed by atoms with E-state index in [4.69, 9.17) is 13.3 Å². The Labute approximate surface area is 343 Å². The molecule has 13 rings (SSSR count). The standard InChI is InChI=1S/C56H33NO3/c1-3-11-43-34(9-1)23-30-47-53-41(14-7-17-50(53)59-55(43)47)36-19-25-38(26-20-36)57(40-29-32-46-45-13-5-6-16-49(45)58-52(46)33-40)39-27-21-37(22-28-39)42-15-8-18-51-54(42)48-31-24-35-10-2-4-12-44(35)56(48)60-51/h1-33H. The fraction of sp³-hybridized carbons (Fsp3) is 0. The molecule has 3 aromatic heterocycles. The van der Waals surface area contributed by atoms with E-state index in [0.717, 1.165) is 116 Å². The number of benzene rings is 10. The van der Waals surface area contributed by atoms with Crippen LogP contribution in [-0.2, 0) is 0 Å². The highest BCUT2D eigenvalue weighted by Crippen LogP contribution is 2.44. The molecule has 0 amide bonds. The quantitative estimate of drug-likeness (QED) is 0.175. The maximum absolute atomic E-state index is 6.54. The fourth-order valence-electron chi connectivity index (χ4n) is 9.47. The number of furan rings is 3. The van der Waals surface area contributed by atoms with Gasteiger partial charge in [-0.25, -0.2) is 0 Å². The van der Waals surface area contributed by atoms with Crippen LogP contribution in [0.15, 0.2) is 213 Å². The van der Waals surface area contributed by atoms with E-state index >= 15 is 0 Å². The van der Waals surface area contributed by atoms with E-state index in [2.05, 4.69) is 193 Å². The van der Waals surface area contributed by atoms with Crippen LogP contribution in [-0.4, -0.2) is 0 Å². The molecule has 0 aliphatic rings. The summed E-state index contributed by atoms with van der Waals surface area (Å²) >= 11 is 0. The van der Waals surface area contributed by atoms with Crippen LogP contribution >= 0.6 is 0 Å². The van der Waals surface area contributed by atoms with Crippen LogP contribution in [0.5, 0.6) is 0 Å². The summed E-state index contributed by atoms with van der Waals surface area (Å²) < 4.78 is 19.5. The van der Waals surface area contributed by atoms with Gasteiger partial charge in [-0.2, -0.15) is 0 Å². The van der Waals surface area contributed by atoms with Crippen molar-refractivity contribution in [3.8, 4) is 22.3 Å². The minimum absolute atomic E-state index is 0.851. The molecule has 4 heteroatoms. The number of hydrogen-bond donors (Lipinski definition) is 0. The lowest BCUT2D eigenvalue weighted by molar-refractivity contribution is 0.669. The topological polar surface area (TPSA) is 42.7 Å². The summed E-state index contributed by atoms with van der Waals surface area (Å²) in [6, 6.07) is 70.8. The zero-order valence-corrected chi connectivity index (χ0v) is 32.2. The molecule has 60 heavy (non-hydrogen) atoms. The van der Waals surface area contributed by atoms with E-state index < -0.39 is 0 Å². The zero-order chi connectivity index (χ0) is 39.3. The second-order valence-electron chi connectivity index (χ2n) is 15.6. The molecular formula is C56H33NO3. The highest BCUT2D eigenvalue weighted by molar-refractivity contribution is 6.20. The largest absolute Gasteiger partial charge is 0.456 e. The van der Waals surface area contributed by atoms with Gasteiger partial charge in [0.05, 0.1) is 0 Å². The van der Waals surface area contributed by atoms with Gasteiger partial charge >= 0.3 is 0 Å². The molecular weight excluding hydrogens is 735 g/mol. The summed E-state index contributed by atoms with van der Waals surface area (Å²) in [6.07, 6.45) is 0. The predicted octanol–water partition coefficient (Wildman–Crippen LogP) is 16.5. The van der Waals surface area contributed by atoms with Gasteiger partial charge < -0.3 is 18.2 Å². The molecule has 10 aromatic carbocycles. The van der Waals surface area contributed by atoms with Gasteiger partial charge in [-0.1, -0.05) is 127 Å². The number of anilines is 3. The van der Waals surface area contributed by atoms with Crippen LogP contribution in [0.4, 0.5) is 17.1 Å². The molecule has 0 saturated carbocycles. The van der Waals surface area contributed by atoms with E-state index in [1.165, 1.54) is 10.8 Å². The predicted molar refractivity (Wildman–Crippen MR) is 249 cm³/mol. The third-order valence-corrected chi connectivity index (χ3v) is 12.3. The van der Waals surface area contributed by atoms with Gasteiger partial charge in [0, 0.05) is 66.2 Å². The maximum Gasteiger partial charge on any atom is 0.143 e. The minimum Gasteiger partial charge on any atom is -0.456 e. The second-order valence-corrected chi connectivity index (χ2v) is 15.6. The molecule has 0 bridgehead atoms. The molecule has 0 aliphatic carbocycles. The van der Waals surface area contributed by atoms with Gasteiger partial charge in [0.1, 0.15) is 33.5 Å². The van der Waals surface area contributed by atoms with Crippen LogP contribution in [0, 0.1) is 0 Å². The first-order valence-electron chi connectivity index (χ1n) is 20.3. The van der Waals surface area contributed by atoms with Gasteiger partial charge in [-0.05, 0) is 99.8 Å². The summed E-state index contributed by atoms with van der Waals surface area (Å²) in [7, 11) is 0. The smallest absolute Gasteiger partial charge is 0.143 e. The van der Waals surface area contributed by atoms with Crippen LogP contribution in [0.3, 0.4) is 0 Å². The van der Waals surface area contributed by atoms with Crippen molar-refractivity contribution in [3.05, 3.63) is 200 Å². The Morgan fingerprint density at radius 2 is 0.733 bits per heavy atom. The number of para-hydroxylation sites is 1. The van der Waals surface area contributed by atoms with E-state index in [-0.39, 0.29) is 0 Å². The minimum atomic E-state index is 0.851. The van der Waals surface area contributed by atoms with Crippen LogP contribution < -0.4 is 4.90 Å². The summed E-state index contributed by atoms with van der Waals surface area (Å²) in [5, 5.41) is 11.3. The first-order chi connectivity index (χ1) is 29.7. The van der Waals surface area contributed by atoms with E-state index in [9.17, 15) is 0 Å². The van der Waals surface area contributed by atoms with Crippen molar-refractivity contribution in [3.63, 3.8) is 0 Å². The van der Waals surface area contributed by atoms with Crippen molar-refractivity contribution in [2.75, 3.05) is 4.90 Å². The van der Waals surface area contributed by atoms with Crippen molar-refractivity contribution in [1.82, 2.24) is 0 Å². The third-order valence-electron chi connectivity index (χ3n) is 12.3. The Bertz CT molecular complexity index is 3630. The summed E-state index contributed by atoms with van der Waals surface area (Å²) in [4.78, 5) is 2.31. The molecule has 13 aromatic rings. The van der Waals surface area contributed by atoms with Crippen molar-refractivity contribution in [2.24, 2.45) is 0 Å². The first-order valence-corrected chi connectivity index (χ1v) is 20.3. The third kappa shape index (κ3) is 4.91. The Hall–Kier alpha value is -8.08. The Balaban J connectivity index is 0.941. The molecule has 0 fully saturated rings. The molecule has 0 radical (unpaired) electrons. The van der Waals surface area contributed by atoms with Crippen LogP contribution in [0.2, 0.25) is 0 Å². The molecule has 280 valence electrons. The lowest BCUT2D eigenvalue weighted by Gasteiger charge is -2.26. The highest BCUT2D eigenvalue weighted by atomic mass is 16.3. The second kappa shape index (κ2) is 12.7. The van der Waals surface area contributed by atoms with Crippen molar-refractivity contribution < 1.29 is 13.3 Å². The van der Waals surface area contributed by atoms with E-state index in [1.54, 1.807) is 0 Å². The lowest BCUT2D eigenvalue weighted by Crippen LogP contribution is -2.09. The normalized spacial score (nSPS) is 12.0. The van der Waals surface area contributed by atoms with Crippen LogP contribution in [0.1, 0.15) is 0 Å².